The Morgan fingerprint density at radius 3 is 2.19 bits per heavy atom. The van der Waals surface area contributed by atoms with Crippen LogP contribution in [0, 0.1) is 6.92 Å². The summed E-state index contributed by atoms with van der Waals surface area (Å²) < 4.78 is 0. The molecule has 2 aromatic carbocycles. The first-order valence-corrected chi connectivity index (χ1v) is 7.25. The number of hydrogen-bond donors (Lipinski definition) is 2. The van der Waals surface area contributed by atoms with Crippen LogP contribution in [0.25, 0.3) is 0 Å². The van der Waals surface area contributed by atoms with Crippen molar-refractivity contribution < 1.29 is 4.79 Å². The largest absolute Gasteiger partial charge is 0.325 e. The number of nitrogens with one attached hydrogen (secondary N) is 2. The highest BCUT2D eigenvalue weighted by molar-refractivity contribution is 5.94. The number of benzene rings is 2. The summed E-state index contributed by atoms with van der Waals surface area (Å²) in [5.41, 5.74) is 3.24. The van der Waals surface area contributed by atoms with Gasteiger partial charge in [0.2, 0.25) is 5.91 Å². The van der Waals surface area contributed by atoms with Gasteiger partial charge in [-0.25, -0.2) is 0 Å². The third-order valence-corrected chi connectivity index (χ3v) is 3.51. The molecule has 0 radical (unpaired) electrons. The van der Waals surface area contributed by atoms with Crippen LogP contribution in [0.2, 0.25) is 0 Å². The van der Waals surface area contributed by atoms with Gasteiger partial charge in [-0.05, 0) is 38.5 Å². The number of rotatable bonds is 5. The first-order chi connectivity index (χ1) is 10.1. The maximum absolute atomic E-state index is 12.2. The van der Waals surface area contributed by atoms with Crippen LogP contribution in [0.4, 0.5) is 5.69 Å². The molecule has 0 aromatic heterocycles. The minimum Gasteiger partial charge on any atom is -0.325 e. The molecule has 0 aliphatic heterocycles. The number of aryl methyl sites for hydroxylation is 1. The van der Waals surface area contributed by atoms with Gasteiger partial charge in [0.05, 0.1) is 6.04 Å². The molecule has 110 valence electrons. The Labute approximate surface area is 126 Å². The summed E-state index contributed by atoms with van der Waals surface area (Å²) in [6.45, 7) is 6.01. The van der Waals surface area contributed by atoms with E-state index in [4.69, 9.17) is 0 Å². The first-order valence-electron chi connectivity index (χ1n) is 7.25. The highest BCUT2D eigenvalue weighted by Crippen LogP contribution is 2.14. The fourth-order valence-corrected chi connectivity index (χ4v) is 2.17. The molecular weight excluding hydrogens is 260 g/mol. The lowest BCUT2D eigenvalue weighted by Gasteiger charge is -2.20. The highest BCUT2D eigenvalue weighted by Gasteiger charge is 2.16. The van der Waals surface area contributed by atoms with Gasteiger partial charge in [-0.15, -0.1) is 0 Å². The second-order valence-corrected chi connectivity index (χ2v) is 5.38. The SMILES string of the molecule is Cc1ccc([C@H](C)NC(C)C(=O)Nc2ccccc2)cc1. The van der Waals surface area contributed by atoms with E-state index in [1.54, 1.807) is 0 Å². The van der Waals surface area contributed by atoms with E-state index < -0.39 is 0 Å². The maximum Gasteiger partial charge on any atom is 0.241 e. The van der Waals surface area contributed by atoms with E-state index in [-0.39, 0.29) is 18.0 Å². The van der Waals surface area contributed by atoms with Crippen LogP contribution in [0.1, 0.15) is 31.0 Å². The van der Waals surface area contributed by atoms with E-state index in [1.807, 2.05) is 37.3 Å². The number of amides is 1. The summed E-state index contributed by atoms with van der Waals surface area (Å²) in [7, 11) is 0. The van der Waals surface area contributed by atoms with E-state index in [0.29, 0.717) is 0 Å². The van der Waals surface area contributed by atoms with Gasteiger partial charge in [0.15, 0.2) is 0 Å². The molecule has 0 aliphatic carbocycles. The van der Waals surface area contributed by atoms with Crippen molar-refractivity contribution in [2.75, 3.05) is 5.32 Å². The predicted molar refractivity (Wildman–Crippen MR) is 87.3 cm³/mol. The van der Waals surface area contributed by atoms with Gasteiger partial charge in [-0.3, -0.25) is 10.1 Å². The Morgan fingerprint density at radius 2 is 1.57 bits per heavy atom. The average Bonchev–Trinajstić information content (AvgIpc) is 2.48. The van der Waals surface area contributed by atoms with E-state index >= 15 is 0 Å². The van der Waals surface area contributed by atoms with E-state index in [1.165, 1.54) is 11.1 Å². The van der Waals surface area contributed by atoms with Gasteiger partial charge < -0.3 is 5.32 Å². The summed E-state index contributed by atoms with van der Waals surface area (Å²) in [5, 5.41) is 6.23. The molecular formula is C18H22N2O. The van der Waals surface area contributed by atoms with Gasteiger partial charge in [0.25, 0.3) is 0 Å². The van der Waals surface area contributed by atoms with Crippen LogP contribution in [0.3, 0.4) is 0 Å². The van der Waals surface area contributed by atoms with Gasteiger partial charge in [0.1, 0.15) is 0 Å². The zero-order valence-electron chi connectivity index (χ0n) is 12.8. The zero-order valence-corrected chi connectivity index (χ0v) is 12.8. The molecule has 0 bridgehead atoms. The lowest BCUT2D eigenvalue weighted by molar-refractivity contribution is -0.117. The standard InChI is InChI=1S/C18H22N2O/c1-13-9-11-16(12-10-13)14(2)19-15(3)18(21)20-17-7-5-4-6-8-17/h4-12,14-15,19H,1-3H3,(H,20,21)/t14-,15?/m0/s1. The first kappa shape index (κ1) is 15.3. The van der Waals surface area contributed by atoms with E-state index in [0.717, 1.165) is 5.69 Å². The van der Waals surface area contributed by atoms with Crippen molar-refractivity contribution in [1.82, 2.24) is 5.32 Å². The Hall–Kier alpha value is -2.13. The van der Waals surface area contributed by atoms with Crippen molar-refractivity contribution >= 4 is 11.6 Å². The number of carbonyl (C=O) groups is 1. The quantitative estimate of drug-likeness (QED) is 0.878. The van der Waals surface area contributed by atoms with Crippen LogP contribution in [-0.4, -0.2) is 11.9 Å². The molecule has 1 unspecified atom stereocenters. The number of hydrogen-bond acceptors (Lipinski definition) is 2. The van der Waals surface area contributed by atoms with Gasteiger partial charge >= 0.3 is 0 Å². The van der Waals surface area contributed by atoms with E-state index in [9.17, 15) is 4.79 Å². The molecule has 0 fully saturated rings. The number of carbonyl (C=O) groups excluding carboxylic acids is 1. The van der Waals surface area contributed by atoms with Crippen LogP contribution < -0.4 is 10.6 Å². The minimum atomic E-state index is -0.262. The average molecular weight is 282 g/mol. The normalized spacial score (nSPS) is 13.5. The molecule has 3 heteroatoms. The van der Waals surface area contributed by atoms with Crippen molar-refractivity contribution in [2.45, 2.75) is 32.9 Å². The van der Waals surface area contributed by atoms with Gasteiger partial charge in [0, 0.05) is 11.7 Å². The Balaban J connectivity index is 1.92. The Morgan fingerprint density at radius 1 is 0.952 bits per heavy atom. The van der Waals surface area contributed by atoms with Crippen molar-refractivity contribution in [3.05, 3.63) is 65.7 Å². The Bertz CT molecular complexity index is 578. The third kappa shape index (κ3) is 4.43. The number of anilines is 1. The van der Waals surface area contributed by atoms with Crippen molar-refractivity contribution in [2.24, 2.45) is 0 Å². The second-order valence-electron chi connectivity index (χ2n) is 5.38. The van der Waals surface area contributed by atoms with Crippen molar-refractivity contribution in [3.8, 4) is 0 Å². The van der Waals surface area contributed by atoms with Crippen molar-refractivity contribution in [3.63, 3.8) is 0 Å². The fourth-order valence-electron chi connectivity index (χ4n) is 2.17. The summed E-state index contributed by atoms with van der Waals surface area (Å²) in [4.78, 5) is 12.2. The third-order valence-electron chi connectivity index (χ3n) is 3.51. The lowest BCUT2D eigenvalue weighted by atomic mass is 10.1. The van der Waals surface area contributed by atoms with Crippen LogP contribution >= 0.6 is 0 Å². The lowest BCUT2D eigenvalue weighted by Crippen LogP contribution is -2.39. The minimum absolute atomic E-state index is 0.0276. The van der Waals surface area contributed by atoms with Crippen LogP contribution in [0.5, 0.6) is 0 Å². The molecule has 2 aromatic rings. The molecule has 1 amide bonds. The monoisotopic (exact) mass is 282 g/mol. The summed E-state index contributed by atoms with van der Waals surface area (Å²) in [6.07, 6.45) is 0. The molecule has 0 saturated heterocycles. The summed E-state index contributed by atoms with van der Waals surface area (Å²) in [5.74, 6) is -0.0276. The molecule has 21 heavy (non-hydrogen) atoms. The van der Waals surface area contributed by atoms with Crippen LogP contribution in [0.15, 0.2) is 54.6 Å². The second kappa shape index (κ2) is 7.04. The Kier molecular flexibility index (Phi) is 5.12. The molecule has 2 rings (SSSR count). The molecule has 0 aliphatic rings. The van der Waals surface area contributed by atoms with E-state index in [2.05, 4.69) is 48.7 Å². The molecule has 2 atom stereocenters. The summed E-state index contributed by atoms with van der Waals surface area (Å²) in [6, 6.07) is 17.7. The molecule has 0 heterocycles. The maximum atomic E-state index is 12.2. The fraction of sp³-hybridized carbons (Fsp3) is 0.278. The molecule has 2 N–H and O–H groups in total. The molecule has 3 nitrogen and oxygen atoms in total. The van der Waals surface area contributed by atoms with Gasteiger partial charge in [-0.1, -0.05) is 48.0 Å². The molecule has 0 spiro atoms. The topological polar surface area (TPSA) is 41.1 Å². The zero-order chi connectivity index (χ0) is 15.2. The van der Waals surface area contributed by atoms with Crippen LogP contribution in [-0.2, 0) is 4.79 Å². The molecule has 0 saturated carbocycles. The van der Waals surface area contributed by atoms with Crippen molar-refractivity contribution in [1.29, 1.82) is 0 Å². The van der Waals surface area contributed by atoms with Gasteiger partial charge in [-0.2, -0.15) is 0 Å². The highest BCUT2D eigenvalue weighted by atomic mass is 16.2. The smallest absolute Gasteiger partial charge is 0.241 e. The number of para-hydroxylation sites is 1. The predicted octanol–water partition coefficient (Wildman–Crippen LogP) is 3.67. The summed E-state index contributed by atoms with van der Waals surface area (Å²) >= 11 is 0.